The van der Waals surface area contributed by atoms with E-state index >= 15 is 0 Å². The van der Waals surface area contributed by atoms with Gasteiger partial charge in [0.2, 0.25) is 5.91 Å². The highest BCUT2D eigenvalue weighted by Crippen LogP contribution is 2.08. The summed E-state index contributed by atoms with van der Waals surface area (Å²) in [5.41, 5.74) is 0.404. The maximum atomic E-state index is 13.5. The number of benzene rings is 1. The van der Waals surface area contributed by atoms with Crippen molar-refractivity contribution in [3.8, 4) is 0 Å². The maximum absolute atomic E-state index is 13.5. The van der Waals surface area contributed by atoms with Crippen molar-refractivity contribution in [2.75, 3.05) is 26.2 Å². The SMILES string of the molecule is CC(=O)N1CC[NH+](Cc2cc(F)ccc2F)CC1. The van der Waals surface area contributed by atoms with Crippen LogP contribution in [0, 0.1) is 11.6 Å². The monoisotopic (exact) mass is 255 g/mol. The second-order valence-corrected chi connectivity index (χ2v) is 4.67. The van der Waals surface area contributed by atoms with Crippen LogP contribution in [0.25, 0.3) is 0 Å². The predicted octanol–water partition coefficient (Wildman–Crippen LogP) is 0.212. The number of amides is 1. The van der Waals surface area contributed by atoms with E-state index < -0.39 is 5.82 Å². The number of rotatable bonds is 2. The molecule has 1 aromatic carbocycles. The minimum atomic E-state index is -0.409. The Labute approximate surface area is 105 Å². The maximum Gasteiger partial charge on any atom is 0.219 e. The molecule has 0 bridgehead atoms. The third-order valence-corrected chi connectivity index (χ3v) is 3.36. The summed E-state index contributed by atoms with van der Waals surface area (Å²) in [6, 6.07) is 3.54. The van der Waals surface area contributed by atoms with Gasteiger partial charge < -0.3 is 9.80 Å². The number of quaternary nitrogens is 1. The van der Waals surface area contributed by atoms with Gasteiger partial charge in [-0.1, -0.05) is 0 Å². The smallest absolute Gasteiger partial charge is 0.219 e. The largest absolute Gasteiger partial charge is 0.332 e. The van der Waals surface area contributed by atoms with E-state index in [0.717, 1.165) is 25.2 Å². The lowest BCUT2D eigenvalue weighted by atomic mass is 10.1. The first-order chi connectivity index (χ1) is 8.56. The second kappa shape index (κ2) is 5.44. The normalized spacial score (nSPS) is 16.9. The van der Waals surface area contributed by atoms with Crippen molar-refractivity contribution in [1.29, 1.82) is 0 Å². The number of nitrogens with one attached hydrogen (secondary N) is 1. The van der Waals surface area contributed by atoms with Gasteiger partial charge in [0.05, 0.1) is 26.2 Å². The number of carbonyl (C=O) groups excluding carboxylic acids is 1. The molecule has 0 aliphatic carbocycles. The molecule has 1 N–H and O–H groups in total. The average Bonchev–Trinajstić information content (AvgIpc) is 2.34. The van der Waals surface area contributed by atoms with Gasteiger partial charge in [-0.05, 0) is 18.2 Å². The van der Waals surface area contributed by atoms with Crippen molar-refractivity contribution >= 4 is 5.91 Å². The minimum absolute atomic E-state index is 0.0750. The number of nitrogens with zero attached hydrogens (tertiary/aromatic N) is 1. The molecule has 1 saturated heterocycles. The van der Waals surface area contributed by atoms with Gasteiger partial charge in [0, 0.05) is 12.5 Å². The van der Waals surface area contributed by atoms with Gasteiger partial charge in [-0.15, -0.1) is 0 Å². The van der Waals surface area contributed by atoms with Crippen molar-refractivity contribution in [1.82, 2.24) is 4.90 Å². The van der Waals surface area contributed by atoms with Crippen molar-refractivity contribution in [3.05, 3.63) is 35.4 Å². The van der Waals surface area contributed by atoms with Gasteiger partial charge in [-0.3, -0.25) is 4.79 Å². The molecule has 0 saturated carbocycles. The third-order valence-electron chi connectivity index (χ3n) is 3.36. The summed E-state index contributed by atoms with van der Waals surface area (Å²) in [4.78, 5) is 14.1. The van der Waals surface area contributed by atoms with Crippen LogP contribution in [-0.2, 0) is 11.3 Å². The van der Waals surface area contributed by atoms with Crippen LogP contribution in [0.2, 0.25) is 0 Å². The first-order valence-electron chi connectivity index (χ1n) is 6.09. The summed E-state index contributed by atoms with van der Waals surface area (Å²) in [5, 5.41) is 0. The summed E-state index contributed by atoms with van der Waals surface area (Å²) in [7, 11) is 0. The highest BCUT2D eigenvalue weighted by Gasteiger charge is 2.22. The lowest BCUT2D eigenvalue weighted by Crippen LogP contribution is -3.13. The number of hydrogen-bond acceptors (Lipinski definition) is 1. The van der Waals surface area contributed by atoms with E-state index in [0.29, 0.717) is 25.2 Å². The molecule has 0 unspecified atom stereocenters. The Morgan fingerprint density at radius 3 is 2.61 bits per heavy atom. The molecule has 1 heterocycles. The quantitative estimate of drug-likeness (QED) is 0.803. The van der Waals surface area contributed by atoms with Crippen LogP contribution >= 0.6 is 0 Å². The molecule has 0 spiro atoms. The lowest BCUT2D eigenvalue weighted by Gasteiger charge is -2.31. The highest BCUT2D eigenvalue weighted by atomic mass is 19.1. The molecule has 1 aliphatic rings. The number of hydrogen-bond donors (Lipinski definition) is 1. The molecule has 2 rings (SSSR count). The Morgan fingerprint density at radius 2 is 2.00 bits per heavy atom. The average molecular weight is 255 g/mol. The van der Waals surface area contributed by atoms with Gasteiger partial charge in [0.25, 0.3) is 0 Å². The first kappa shape index (κ1) is 13.0. The Hall–Kier alpha value is -1.49. The van der Waals surface area contributed by atoms with Gasteiger partial charge in [-0.25, -0.2) is 8.78 Å². The van der Waals surface area contributed by atoms with Crippen LogP contribution in [-0.4, -0.2) is 37.0 Å². The van der Waals surface area contributed by atoms with Gasteiger partial charge in [-0.2, -0.15) is 0 Å². The van der Waals surface area contributed by atoms with E-state index in [-0.39, 0.29) is 11.7 Å². The Balaban J connectivity index is 1.95. The summed E-state index contributed by atoms with van der Waals surface area (Å²) in [6.07, 6.45) is 0. The molecule has 1 aromatic rings. The van der Waals surface area contributed by atoms with Crippen LogP contribution < -0.4 is 4.90 Å². The van der Waals surface area contributed by atoms with E-state index in [1.165, 1.54) is 11.0 Å². The topological polar surface area (TPSA) is 24.8 Å². The molecular formula is C13H17F2N2O+. The summed E-state index contributed by atoms with van der Waals surface area (Å²) in [6.45, 7) is 4.93. The zero-order valence-corrected chi connectivity index (χ0v) is 10.4. The number of piperazine rings is 1. The third kappa shape index (κ3) is 3.04. The van der Waals surface area contributed by atoms with Gasteiger partial charge in [0.1, 0.15) is 18.2 Å². The zero-order chi connectivity index (χ0) is 13.1. The molecule has 0 aromatic heterocycles. The molecule has 1 aliphatic heterocycles. The molecule has 18 heavy (non-hydrogen) atoms. The van der Waals surface area contributed by atoms with Crippen LogP contribution in [0.3, 0.4) is 0 Å². The summed E-state index contributed by atoms with van der Waals surface area (Å²) < 4.78 is 26.5. The van der Waals surface area contributed by atoms with Crippen LogP contribution in [0.5, 0.6) is 0 Å². The van der Waals surface area contributed by atoms with Gasteiger partial charge in [0.15, 0.2) is 0 Å². The van der Waals surface area contributed by atoms with Crippen molar-refractivity contribution in [2.45, 2.75) is 13.5 Å². The fourth-order valence-electron chi connectivity index (χ4n) is 2.26. The Morgan fingerprint density at radius 1 is 1.33 bits per heavy atom. The van der Waals surface area contributed by atoms with Crippen molar-refractivity contribution in [2.24, 2.45) is 0 Å². The van der Waals surface area contributed by atoms with Crippen molar-refractivity contribution < 1.29 is 18.5 Å². The molecule has 0 radical (unpaired) electrons. The number of halogens is 2. The summed E-state index contributed by atoms with van der Waals surface area (Å²) in [5.74, 6) is -0.697. The second-order valence-electron chi connectivity index (χ2n) is 4.67. The van der Waals surface area contributed by atoms with Crippen molar-refractivity contribution in [3.63, 3.8) is 0 Å². The number of carbonyl (C=O) groups is 1. The molecule has 98 valence electrons. The predicted molar refractivity (Wildman–Crippen MR) is 63.0 cm³/mol. The highest BCUT2D eigenvalue weighted by molar-refractivity contribution is 5.73. The van der Waals surface area contributed by atoms with Gasteiger partial charge >= 0.3 is 0 Å². The Kier molecular flexibility index (Phi) is 3.91. The molecule has 1 amide bonds. The zero-order valence-electron chi connectivity index (χ0n) is 10.4. The van der Waals surface area contributed by atoms with E-state index in [4.69, 9.17) is 0 Å². The van der Waals surface area contributed by atoms with E-state index in [2.05, 4.69) is 0 Å². The van der Waals surface area contributed by atoms with E-state index in [1.807, 2.05) is 0 Å². The van der Waals surface area contributed by atoms with Crippen LogP contribution in [0.4, 0.5) is 8.78 Å². The Bertz CT molecular complexity index is 443. The molecule has 0 atom stereocenters. The van der Waals surface area contributed by atoms with E-state index in [9.17, 15) is 13.6 Å². The summed E-state index contributed by atoms with van der Waals surface area (Å²) >= 11 is 0. The fraction of sp³-hybridized carbons (Fsp3) is 0.462. The van der Waals surface area contributed by atoms with Crippen LogP contribution in [0.1, 0.15) is 12.5 Å². The molecular weight excluding hydrogens is 238 g/mol. The van der Waals surface area contributed by atoms with Crippen LogP contribution in [0.15, 0.2) is 18.2 Å². The minimum Gasteiger partial charge on any atom is -0.332 e. The molecule has 3 nitrogen and oxygen atoms in total. The first-order valence-corrected chi connectivity index (χ1v) is 6.09. The molecule has 1 fully saturated rings. The standard InChI is InChI=1S/C13H16F2N2O/c1-10(18)17-6-4-16(5-7-17)9-11-8-12(14)2-3-13(11)15/h2-3,8H,4-7,9H2,1H3/p+1. The molecule has 5 heteroatoms. The van der Waals surface area contributed by atoms with E-state index in [1.54, 1.807) is 11.8 Å². The lowest BCUT2D eigenvalue weighted by molar-refractivity contribution is -0.917. The fourth-order valence-corrected chi connectivity index (χ4v) is 2.26.